The van der Waals surface area contributed by atoms with Crippen LogP contribution in [0.4, 0.5) is 5.82 Å². The first-order valence-electron chi connectivity index (χ1n) is 11.2. The van der Waals surface area contributed by atoms with E-state index in [0.717, 1.165) is 81.0 Å². The van der Waals surface area contributed by atoms with E-state index in [9.17, 15) is 4.79 Å². The van der Waals surface area contributed by atoms with Gasteiger partial charge in [-0.3, -0.25) is 10.2 Å². The van der Waals surface area contributed by atoms with Crippen molar-refractivity contribution in [1.29, 1.82) is 0 Å². The van der Waals surface area contributed by atoms with E-state index in [1.54, 1.807) is 0 Å². The molecule has 0 bridgehead atoms. The summed E-state index contributed by atoms with van der Waals surface area (Å²) in [6.07, 6.45) is 7.02. The van der Waals surface area contributed by atoms with Crippen molar-refractivity contribution in [3.05, 3.63) is 23.5 Å². The number of likely N-dealkylation sites (tertiary alicyclic amines) is 1. The number of carbonyl (C=O) groups is 1. The zero-order chi connectivity index (χ0) is 20.8. The molecular formula is C21H32N8O. The molecule has 9 nitrogen and oxygen atoms in total. The number of carbonyl (C=O) groups excluding carboxylic acids is 1. The van der Waals surface area contributed by atoms with E-state index in [4.69, 9.17) is 15.8 Å². The van der Waals surface area contributed by atoms with Gasteiger partial charge >= 0.3 is 0 Å². The fraction of sp³-hybridized carbons (Fsp3) is 0.667. The number of aromatic nitrogens is 3. The van der Waals surface area contributed by atoms with Crippen molar-refractivity contribution in [2.24, 2.45) is 5.73 Å². The molecule has 0 aromatic carbocycles. The molecule has 0 spiro atoms. The van der Waals surface area contributed by atoms with Gasteiger partial charge in [0.05, 0.1) is 11.7 Å². The second-order valence-corrected chi connectivity index (χ2v) is 8.98. The highest BCUT2D eigenvalue weighted by Crippen LogP contribution is 2.33. The molecule has 1 amide bonds. The Morgan fingerprint density at radius 1 is 1.23 bits per heavy atom. The number of amides is 1. The largest absolute Gasteiger partial charge is 0.355 e. The summed E-state index contributed by atoms with van der Waals surface area (Å²) in [6.45, 7) is 5.52. The monoisotopic (exact) mass is 412 g/mol. The van der Waals surface area contributed by atoms with Crippen LogP contribution >= 0.6 is 0 Å². The van der Waals surface area contributed by atoms with Gasteiger partial charge in [0.15, 0.2) is 5.65 Å². The predicted molar refractivity (Wildman–Crippen MR) is 115 cm³/mol. The van der Waals surface area contributed by atoms with Crippen molar-refractivity contribution in [1.82, 2.24) is 29.9 Å². The summed E-state index contributed by atoms with van der Waals surface area (Å²) < 4.78 is 1.87. The van der Waals surface area contributed by atoms with E-state index < -0.39 is 0 Å². The van der Waals surface area contributed by atoms with Crippen LogP contribution in [0.15, 0.2) is 12.3 Å². The van der Waals surface area contributed by atoms with Gasteiger partial charge in [-0.15, -0.1) is 0 Å². The van der Waals surface area contributed by atoms with E-state index in [1.165, 1.54) is 0 Å². The Morgan fingerprint density at radius 2 is 2.10 bits per heavy atom. The first-order chi connectivity index (χ1) is 14.5. The summed E-state index contributed by atoms with van der Waals surface area (Å²) in [5, 5.41) is 6.80. The molecule has 162 valence electrons. The Bertz CT molecular complexity index is 942. The average Bonchev–Trinajstić information content (AvgIpc) is 3.46. The van der Waals surface area contributed by atoms with Crippen LogP contribution in [0, 0.1) is 6.92 Å². The molecule has 5 rings (SSSR count). The number of hydrogen-bond donors (Lipinski definition) is 2. The van der Waals surface area contributed by atoms with Crippen LogP contribution in [0.2, 0.25) is 0 Å². The number of anilines is 1. The Hall–Kier alpha value is -2.23. The number of piperidine rings is 1. The van der Waals surface area contributed by atoms with Crippen LogP contribution in [-0.4, -0.2) is 75.7 Å². The number of nitrogens with two attached hydrogens (primary N) is 1. The number of aryl methyl sites for hydroxylation is 1. The molecule has 3 N–H and O–H groups in total. The minimum atomic E-state index is -0.0889. The first kappa shape index (κ1) is 19.7. The summed E-state index contributed by atoms with van der Waals surface area (Å²) in [5.41, 5.74) is 12.2. The number of rotatable bonds is 3. The summed E-state index contributed by atoms with van der Waals surface area (Å²) in [5.74, 6) is 1.21. The number of nitrogens with one attached hydrogen (secondary N) is 1. The maximum absolute atomic E-state index is 13.3. The van der Waals surface area contributed by atoms with Gasteiger partial charge in [-0.05, 0) is 39.0 Å². The van der Waals surface area contributed by atoms with Gasteiger partial charge in [0, 0.05) is 57.1 Å². The van der Waals surface area contributed by atoms with Crippen molar-refractivity contribution in [2.45, 2.75) is 57.2 Å². The highest BCUT2D eigenvalue weighted by molar-refractivity contribution is 5.82. The molecule has 30 heavy (non-hydrogen) atoms. The summed E-state index contributed by atoms with van der Waals surface area (Å²) >= 11 is 0. The number of likely N-dealkylation sites (N-methyl/N-ethyl adjacent to an activating group) is 1. The lowest BCUT2D eigenvalue weighted by molar-refractivity contribution is -0.140. The molecule has 3 atom stereocenters. The first-order valence-corrected chi connectivity index (χ1v) is 11.2. The average molecular weight is 413 g/mol. The quantitative estimate of drug-likeness (QED) is 0.771. The third-order valence-corrected chi connectivity index (χ3v) is 6.81. The van der Waals surface area contributed by atoms with Crippen molar-refractivity contribution < 1.29 is 4.79 Å². The zero-order valence-corrected chi connectivity index (χ0v) is 17.9. The molecule has 9 heteroatoms. The molecule has 2 aromatic rings. The summed E-state index contributed by atoms with van der Waals surface area (Å²) in [6, 6.07) is 2.21. The molecule has 0 saturated carbocycles. The third kappa shape index (κ3) is 3.44. The normalized spacial score (nSPS) is 28.0. The Kier molecular flexibility index (Phi) is 5.12. The lowest BCUT2D eigenvalue weighted by Crippen LogP contribution is -2.49. The Labute approximate surface area is 177 Å². The lowest BCUT2D eigenvalue weighted by atomic mass is 9.98. The van der Waals surface area contributed by atoms with Gasteiger partial charge in [-0.25, -0.2) is 14.5 Å². The number of fused-ring (bicyclic) bond motifs is 1. The fourth-order valence-corrected chi connectivity index (χ4v) is 5.15. The molecule has 5 heterocycles. The lowest BCUT2D eigenvalue weighted by Gasteiger charge is -2.37. The maximum Gasteiger partial charge on any atom is 0.241 e. The minimum Gasteiger partial charge on any atom is -0.355 e. The number of hydrazine groups is 1. The Morgan fingerprint density at radius 3 is 2.83 bits per heavy atom. The smallest absolute Gasteiger partial charge is 0.241 e. The van der Waals surface area contributed by atoms with E-state index >= 15 is 0 Å². The van der Waals surface area contributed by atoms with Crippen LogP contribution < -0.4 is 16.1 Å². The summed E-state index contributed by atoms with van der Waals surface area (Å²) in [4.78, 5) is 22.5. The highest BCUT2D eigenvalue weighted by atomic mass is 16.2. The highest BCUT2D eigenvalue weighted by Gasteiger charge is 2.37. The van der Waals surface area contributed by atoms with Gasteiger partial charge in [0.2, 0.25) is 5.91 Å². The van der Waals surface area contributed by atoms with Crippen LogP contribution in [0.3, 0.4) is 0 Å². The van der Waals surface area contributed by atoms with E-state index in [1.807, 2.05) is 21.5 Å². The van der Waals surface area contributed by atoms with Crippen LogP contribution in [0.1, 0.15) is 49.4 Å². The van der Waals surface area contributed by atoms with E-state index in [-0.39, 0.29) is 24.0 Å². The van der Waals surface area contributed by atoms with E-state index in [0.29, 0.717) is 0 Å². The van der Waals surface area contributed by atoms with Gasteiger partial charge in [0.1, 0.15) is 11.9 Å². The Balaban J connectivity index is 1.44. The zero-order valence-electron chi connectivity index (χ0n) is 17.9. The molecule has 0 aliphatic carbocycles. The number of hydrogen-bond acceptors (Lipinski definition) is 7. The predicted octanol–water partition coefficient (Wildman–Crippen LogP) is 0.837. The number of nitrogens with zero attached hydrogens (tertiary/aromatic N) is 6. The van der Waals surface area contributed by atoms with Gasteiger partial charge in [0.25, 0.3) is 0 Å². The van der Waals surface area contributed by atoms with E-state index in [2.05, 4.69) is 29.5 Å². The molecule has 2 aromatic heterocycles. The van der Waals surface area contributed by atoms with Crippen LogP contribution in [-0.2, 0) is 4.79 Å². The van der Waals surface area contributed by atoms with Gasteiger partial charge in [-0.2, -0.15) is 5.10 Å². The van der Waals surface area contributed by atoms with Crippen LogP contribution in [0.25, 0.3) is 5.65 Å². The fourth-order valence-electron chi connectivity index (χ4n) is 5.15. The van der Waals surface area contributed by atoms with Gasteiger partial charge < -0.3 is 15.5 Å². The van der Waals surface area contributed by atoms with Crippen LogP contribution in [0.5, 0.6) is 0 Å². The molecule has 3 unspecified atom stereocenters. The molecule has 3 saturated heterocycles. The molecule has 3 fully saturated rings. The molecule has 3 aliphatic rings. The standard InChI is InChI=1S/C21H32N8O/c1-14-12-29-19(24-20(14)27-10-7-15(22)13-27)11-16(25-29)17-5-3-4-9-28(17)21(30)18-6-8-23-26(18)2/h11-12,15,17-18,23H,3-10,13,22H2,1-2H3. The van der Waals surface area contributed by atoms with Crippen molar-refractivity contribution in [3.63, 3.8) is 0 Å². The van der Waals surface area contributed by atoms with Crippen molar-refractivity contribution in [2.75, 3.05) is 38.1 Å². The summed E-state index contributed by atoms with van der Waals surface area (Å²) in [7, 11) is 1.96. The van der Waals surface area contributed by atoms with Crippen molar-refractivity contribution in [3.8, 4) is 0 Å². The molecule has 3 aliphatic heterocycles. The SMILES string of the molecule is Cc1cn2nc(C3CCCCN3C(=O)C3CCNN3C)cc2nc1N1CCC(N)C1. The maximum atomic E-state index is 13.3. The third-order valence-electron chi connectivity index (χ3n) is 6.81. The minimum absolute atomic E-state index is 0.0194. The van der Waals surface area contributed by atoms with Crippen molar-refractivity contribution >= 4 is 17.4 Å². The molecule has 0 radical (unpaired) electrons. The molecular weight excluding hydrogens is 380 g/mol. The second-order valence-electron chi connectivity index (χ2n) is 8.98. The second kappa shape index (κ2) is 7.79. The van der Waals surface area contributed by atoms with Gasteiger partial charge in [-0.1, -0.05) is 0 Å². The topological polar surface area (TPSA) is 95.0 Å².